The first-order valence-electron chi connectivity index (χ1n) is 4.46. The molecule has 0 bridgehead atoms. The van der Waals surface area contributed by atoms with Crippen LogP contribution in [0.5, 0.6) is 0 Å². The number of carbonyl (C=O) groups is 1. The van der Waals surface area contributed by atoms with Gasteiger partial charge in [0.15, 0.2) is 6.61 Å². The van der Waals surface area contributed by atoms with Gasteiger partial charge in [-0.3, -0.25) is 4.18 Å². The molecule has 0 aromatic heterocycles. The Labute approximate surface area is 98.5 Å². The summed E-state index contributed by atoms with van der Waals surface area (Å²) in [6.07, 6.45) is 0. The Bertz CT molecular complexity index is 541. The number of ether oxygens (including phenoxy) is 1. The van der Waals surface area contributed by atoms with Crippen LogP contribution in [-0.4, -0.2) is 28.1 Å². The van der Waals surface area contributed by atoms with Crippen LogP contribution in [0.1, 0.15) is 10.4 Å². The average Bonchev–Trinajstić information content (AvgIpc) is 2.35. The summed E-state index contributed by atoms with van der Waals surface area (Å²) in [5, 5.41) is 8.22. The summed E-state index contributed by atoms with van der Waals surface area (Å²) in [5.41, 5.74) is 0.228. The van der Waals surface area contributed by atoms with Crippen LogP contribution in [0.2, 0.25) is 0 Å². The second-order valence-corrected chi connectivity index (χ2v) is 4.51. The molecule has 90 valence electrons. The third kappa shape index (κ3) is 3.27. The van der Waals surface area contributed by atoms with Crippen molar-refractivity contribution in [2.45, 2.75) is 4.90 Å². The van der Waals surface area contributed by atoms with E-state index in [2.05, 4.69) is 8.92 Å². The third-order valence-corrected chi connectivity index (χ3v) is 3.12. The van der Waals surface area contributed by atoms with Crippen LogP contribution in [0.25, 0.3) is 0 Å². The van der Waals surface area contributed by atoms with Gasteiger partial charge in [0.1, 0.15) is 0 Å². The molecule has 0 spiro atoms. The van der Waals surface area contributed by atoms with Crippen LogP contribution in [0.15, 0.2) is 29.2 Å². The topological polar surface area (TPSA) is 93.5 Å². The van der Waals surface area contributed by atoms with Crippen LogP contribution < -0.4 is 0 Å². The molecule has 0 aliphatic carbocycles. The molecule has 0 amide bonds. The zero-order chi connectivity index (χ0) is 12.9. The van der Waals surface area contributed by atoms with Gasteiger partial charge < -0.3 is 4.74 Å². The summed E-state index contributed by atoms with van der Waals surface area (Å²) in [7, 11) is -2.72. The van der Waals surface area contributed by atoms with Crippen molar-refractivity contribution in [2.24, 2.45) is 0 Å². The third-order valence-electron chi connectivity index (χ3n) is 1.84. The lowest BCUT2D eigenvalue weighted by Crippen LogP contribution is -2.07. The van der Waals surface area contributed by atoms with E-state index in [0.29, 0.717) is 0 Å². The number of hydrogen-bond acceptors (Lipinski definition) is 6. The molecule has 7 heteroatoms. The van der Waals surface area contributed by atoms with Crippen molar-refractivity contribution in [3.8, 4) is 6.07 Å². The highest BCUT2D eigenvalue weighted by Gasteiger charge is 2.15. The number of nitriles is 1. The van der Waals surface area contributed by atoms with E-state index in [1.807, 2.05) is 0 Å². The number of methoxy groups -OCH3 is 1. The molecule has 6 nitrogen and oxygen atoms in total. The van der Waals surface area contributed by atoms with Crippen molar-refractivity contribution in [3.63, 3.8) is 0 Å². The largest absolute Gasteiger partial charge is 0.465 e. The quantitative estimate of drug-likeness (QED) is 0.580. The summed E-state index contributed by atoms with van der Waals surface area (Å²) in [5.74, 6) is -0.563. The van der Waals surface area contributed by atoms with Crippen LogP contribution in [0, 0.1) is 11.3 Å². The maximum absolute atomic E-state index is 11.5. The monoisotopic (exact) mass is 255 g/mol. The number of esters is 1. The molecule has 0 unspecified atom stereocenters. The predicted molar refractivity (Wildman–Crippen MR) is 56.5 cm³/mol. The first-order valence-corrected chi connectivity index (χ1v) is 5.87. The molecule has 0 fully saturated rings. The summed E-state index contributed by atoms with van der Waals surface area (Å²) in [6.45, 7) is -0.554. The van der Waals surface area contributed by atoms with Gasteiger partial charge in [-0.2, -0.15) is 13.7 Å². The molecule has 0 heterocycles. The second kappa shape index (κ2) is 5.43. The Kier molecular flexibility index (Phi) is 4.20. The van der Waals surface area contributed by atoms with Gasteiger partial charge in [-0.1, -0.05) is 0 Å². The molecule has 0 aliphatic rings. The standard InChI is InChI=1S/C10H9NO5S/c1-15-10(12)8-2-4-9(5-3-8)17(13,14)16-7-6-11/h2-5H,7H2,1H3. The van der Waals surface area contributed by atoms with Crippen molar-refractivity contribution >= 4 is 16.1 Å². The minimum Gasteiger partial charge on any atom is -0.465 e. The first kappa shape index (κ1) is 13.2. The van der Waals surface area contributed by atoms with Crippen molar-refractivity contribution < 1.29 is 22.1 Å². The van der Waals surface area contributed by atoms with E-state index in [1.54, 1.807) is 6.07 Å². The molecule has 0 aliphatic heterocycles. The number of hydrogen-bond donors (Lipinski definition) is 0. The van der Waals surface area contributed by atoms with Gasteiger partial charge in [-0.15, -0.1) is 0 Å². The first-order chi connectivity index (χ1) is 8.01. The number of benzene rings is 1. The Morgan fingerprint density at radius 3 is 2.41 bits per heavy atom. The SMILES string of the molecule is COC(=O)c1ccc(S(=O)(=O)OCC#N)cc1. The molecule has 17 heavy (non-hydrogen) atoms. The van der Waals surface area contributed by atoms with E-state index < -0.39 is 22.7 Å². The van der Waals surface area contributed by atoms with Gasteiger partial charge in [0.05, 0.1) is 23.6 Å². The van der Waals surface area contributed by atoms with E-state index in [9.17, 15) is 13.2 Å². The minimum absolute atomic E-state index is 0.125. The Morgan fingerprint density at radius 2 is 1.94 bits per heavy atom. The van der Waals surface area contributed by atoms with Crippen molar-refractivity contribution in [1.29, 1.82) is 5.26 Å². The van der Waals surface area contributed by atoms with Gasteiger partial charge in [-0.05, 0) is 24.3 Å². The minimum atomic E-state index is -3.95. The summed E-state index contributed by atoms with van der Waals surface area (Å²) in [6, 6.07) is 6.57. The molecular weight excluding hydrogens is 246 g/mol. The van der Waals surface area contributed by atoms with Gasteiger partial charge in [0, 0.05) is 0 Å². The van der Waals surface area contributed by atoms with Gasteiger partial charge >= 0.3 is 5.97 Å². The zero-order valence-corrected chi connectivity index (χ0v) is 9.73. The van der Waals surface area contributed by atoms with Crippen molar-refractivity contribution in [1.82, 2.24) is 0 Å². The average molecular weight is 255 g/mol. The van der Waals surface area contributed by atoms with Gasteiger partial charge in [0.2, 0.25) is 0 Å². The van der Waals surface area contributed by atoms with Crippen LogP contribution >= 0.6 is 0 Å². The molecule has 0 saturated heterocycles. The Hall–Kier alpha value is -1.91. The summed E-state index contributed by atoms with van der Waals surface area (Å²) in [4.78, 5) is 11.0. The highest BCUT2D eigenvalue weighted by Crippen LogP contribution is 2.13. The number of rotatable bonds is 4. The van der Waals surface area contributed by atoms with Gasteiger partial charge in [0.25, 0.3) is 10.1 Å². The highest BCUT2D eigenvalue weighted by atomic mass is 32.2. The highest BCUT2D eigenvalue weighted by molar-refractivity contribution is 7.86. The predicted octanol–water partition coefficient (Wildman–Crippen LogP) is 0.702. The normalized spacial score (nSPS) is 10.6. The molecular formula is C10H9NO5S. The van der Waals surface area contributed by atoms with E-state index in [-0.39, 0.29) is 10.5 Å². The molecule has 1 aromatic carbocycles. The van der Waals surface area contributed by atoms with E-state index in [0.717, 1.165) is 0 Å². The fourth-order valence-electron chi connectivity index (χ4n) is 1.05. The van der Waals surface area contributed by atoms with Crippen molar-refractivity contribution in [2.75, 3.05) is 13.7 Å². The number of nitrogens with zero attached hydrogens (tertiary/aromatic N) is 1. The number of carbonyl (C=O) groups excluding carboxylic acids is 1. The lowest BCUT2D eigenvalue weighted by molar-refractivity contribution is 0.0600. The van der Waals surface area contributed by atoms with Crippen LogP contribution in [0.4, 0.5) is 0 Å². The summed E-state index contributed by atoms with van der Waals surface area (Å²) < 4.78 is 31.8. The smallest absolute Gasteiger partial charge is 0.337 e. The molecule has 0 saturated carbocycles. The van der Waals surface area contributed by atoms with Gasteiger partial charge in [-0.25, -0.2) is 4.79 Å². The Morgan fingerprint density at radius 1 is 1.35 bits per heavy atom. The molecule has 0 N–H and O–H groups in total. The van der Waals surface area contributed by atoms with E-state index in [1.165, 1.54) is 31.4 Å². The molecule has 0 atom stereocenters. The fourth-order valence-corrected chi connectivity index (χ4v) is 1.86. The lowest BCUT2D eigenvalue weighted by atomic mass is 10.2. The van der Waals surface area contributed by atoms with Crippen LogP contribution in [-0.2, 0) is 19.0 Å². The van der Waals surface area contributed by atoms with E-state index >= 15 is 0 Å². The lowest BCUT2D eigenvalue weighted by Gasteiger charge is -2.03. The maximum atomic E-state index is 11.5. The Balaban J connectivity index is 2.95. The van der Waals surface area contributed by atoms with E-state index in [4.69, 9.17) is 5.26 Å². The maximum Gasteiger partial charge on any atom is 0.337 e. The second-order valence-electron chi connectivity index (χ2n) is 2.89. The molecule has 0 radical (unpaired) electrons. The zero-order valence-electron chi connectivity index (χ0n) is 8.91. The van der Waals surface area contributed by atoms with Crippen LogP contribution in [0.3, 0.4) is 0 Å². The van der Waals surface area contributed by atoms with Crippen molar-refractivity contribution in [3.05, 3.63) is 29.8 Å². The summed E-state index contributed by atoms with van der Waals surface area (Å²) >= 11 is 0. The fraction of sp³-hybridized carbons (Fsp3) is 0.200. The molecule has 1 aromatic rings. The molecule has 1 rings (SSSR count).